The number of benzene rings is 1. The van der Waals surface area contributed by atoms with Gasteiger partial charge in [-0.05, 0) is 30.7 Å². The standard InChI is InChI=1S/C14H17N3O2/c1-3-7-15-14(19)16-11-5-6-12-10(8-11)9-13(18)17(12)4-2/h3,5-6,8H,1,4,7,9H2,2H3,(H2,15,16,19). The van der Waals surface area contributed by atoms with Gasteiger partial charge >= 0.3 is 6.03 Å². The molecule has 0 atom stereocenters. The summed E-state index contributed by atoms with van der Waals surface area (Å²) in [6.07, 6.45) is 2.01. The molecule has 19 heavy (non-hydrogen) atoms. The maximum absolute atomic E-state index is 11.8. The van der Waals surface area contributed by atoms with E-state index in [-0.39, 0.29) is 11.9 Å². The summed E-state index contributed by atoms with van der Waals surface area (Å²) in [5.41, 5.74) is 2.57. The third kappa shape index (κ3) is 2.76. The van der Waals surface area contributed by atoms with E-state index in [0.717, 1.165) is 11.3 Å². The van der Waals surface area contributed by atoms with Crippen LogP contribution in [-0.2, 0) is 11.2 Å². The van der Waals surface area contributed by atoms with Gasteiger partial charge in [0.05, 0.1) is 6.42 Å². The number of urea groups is 1. The van der Waals surface area contributed by atoms with E-state index in [4.69, 9.17) is 0 Å². The maximum Gasteiger partial charge on any atom is 0.319 e. The van der Waals surface area contributed by atoms with Crippen molar-refractivity contribution in [2.75, 3.05) is 23.3 Å². The second-order valence-electron chi connectivity index (χ2n) is 4.28. The lowest BCUT2D eigenvalue weighted by atomic mass is 10.1. The number of carbonyl (C=O) groups excluding carboxylic acids is 2. The van der Waals surface area contributed by atoms with Gasteiger partial charge in [0.1, 0.15) is 0 Å². The molecule has 1 aromatic rings. The van der Waals surface area contributed by atoms with Crippen molar-refractivity contribution in [3.8, 4) is 0 Å². The van der Waals surface area contributed by atoms with Crippen LogP contribution in [0.5, 0.6) is 0 Å². The topological polar surface area (TPSA) is 61.4 Å². The van der Waals surface area contributed by atoms with Gasteiger partial charge in [-0.25, -0.2) is 4.79 Å². The molecule has 0 saturated heterocycles. The van der Waals surface area contributed by atoms with E-state index >= 15 is 0 Å². The third-order valence-corrected chi connectivity index (χ3v) is 2.99. The highest BCUT2D eigenvalue weighted by Crippen LogP contribution is 2.30. The third-order valence-electron chi connectivity index (χ3n) is 2.99. The zero-order chi connectivity index (χ0) is 13.8. The Kier molecular flexibility index (Phi) is 3.85. The second-order valence-corrected chi connectivity index (χ2v) is 4.28. The van der Waals surface area contributed by atoms with Crippen molar-refractivity contribution < 1.29 is 9.59 Å². The molecule has 1 aliphatic heterocycles. The summed E-state index contributed by atoms with van der Waals surface area (Å²) in [4.78, 5) is 25.0. The van der Waals surface area contributed by atoms with Crippen molar-refractivity contribution in [1.29, 1.82) is 0 Å². The number of amides is 3. The van der Waals surface area contributed by atoms with Gasteiger partial charge in [0, 0.05) is 24.5 Å². The van der Waals surface area contributed by atoms with Crippen molar-refractivity contribution >= 4 is 23.3 Å². The number of rotatable bonds is 4. The molecule has 0 bridgehead atoms. The van der Waals surface area contributed by atoms with Crippen LogP contribution in [0.1, 0.15) is 12.5 Å². The predicted molar refractivity (Wildman–Crippen MR) is 75.4 cm³/mol. The summed E-state index contributed by atoms with van der Waals surface area (Å²) in [5, 5.41) is 5.36. The molecule has 0 aliphatic carbocycles. The van der Waals surface area contributed by atoms with Crippen LogP contribution in [0, 0.1) is 0 Å². The van der Waals surface area contributed by atoms with E-state index in [2.05, 4.69) is 17.2 Å². The molecule has 1 heterocycles. The summed E-state index contributed by atoms with van der Waals surface area (Å²) in [6, 6.07) is 5.23. The van der Waals surface area contributed by atoms with Crippen LogP contribution in [0.15, 0.2) is 30.9 Å². The molecule has 100 valence electrons. The molecule has 2 N–H and O–H groups in total. The van der Waals surface area contributed by atoms with Crippen molar-refractivity contribution in [2.24, 2.45) is 0 Å². The summed E-state index contributed by atoms with van der Waals surface area (Å²) < 4.78 is 0. The largest absolute Gasteiger partial charge is 0.334 e. The highest BCUT2D eigenvalue weighted by molar-refractivity contribution is 6.02. The monoisotopic (exact) mass is 259 g/mol. The average molecular weight is 259 g/mol. The van der Waals surface area contributed by atoms with E-state index in [9.17, 15) is 9.59 Å². The van der Waals surface area contributed by atoms with Gasteiger partial charge in [0.2, 0.25) is 5.91 Å². The first-order chi connectivity index (χ1) is 9.15. The van der Waals surface area contributed by atoms with Gasteiger partial charge in [0.25, 0.3) is 0 Å². The van der Waals surface area contributed by atoms with E-state index in [1.165, 1.54) is 0 Å². The predicted octanol–water partition coefficient (Wildman–Crippen LogP) is 1.90. The molecule has 0 fully saturated rings. The van der Waals surface area contributed by atoms with E-state index in [1.807, 2.05) is 19.1 Å². The molecule has 0 spiro atoms. The zero-order valence-corrected chi connectivity index (χ0v) is 10.9. The minimum Gasteiger partial charge on any atom is -0.334 e. The molecule has 1 aromatic carbocycles. The van der Waals surface area contributed by atoms with Crippen LogP contribution < -0.4 is 15.5 Å². The minimum absolute atomic E-state index is 0.103. The lowest BCUT2D eigenvalue weighted by molar-refractivity contribution is -0.117. The molecular formula is C14H17N3O2. The quantitative estimate of drug-likeness (QED) is 0.811. The maximum atomic E-state index is 11.8. The van der Waals surface area contributed by atoms with Crippen LogP contribution >= 0.6 is 0 Å². The number of hydrogen-bond donors (Lipinski definition) is 2. The van der Waals surface area contributed by atoms with Gasteiger partial charge in [-0.1, -0.05) is 6.08 Å². The van der Waals surface area contributed by atoms with Gasteiger partial charge < -0.3 is 15.5 Å². The van der Waals surface area contributed by atoms with E-state index in [0.29, 0.717) is 25.2 Å². The SMILES string of the molecule is C=CCNC(=O)Nc1ccc2c(c1)CC(=O)N2CC. The fraction of sp³-hybridized carbons (Fsp3) is 0.286. The van der Waals surface area contributed by atoms with Crippen molar-refractivity contribution in [3.05, 3.63) is 36.4 Å². The number of fused-ring (bicyclic) bond motifs is 1. The lowest BCUT2D eigenvalue weighted by Gasteiger charge is -2.15. The molecule has 5 heteroatoms. The molecule has 0 unspecified atom stereocenters. The first kappa shape index (κ1) is 13.1. The number of carbonyl (C=O) groups is 2. The summed E-state index contributed by atoms with van der Waals surface area (Å²) >= 11 is 0. The number of nitrogens with zero attached hydrogens (tertiary/aromatic N) is 1. The average Bonchev–Trinajstić information content (AvgIpc) is 2.70. The fourth-order valence-electron chi connectivity index (χ4n) is 2.15. The van der Waals surface area contributed by atoms with Crippen LogP contribution in [0.3, 0.4) is 0 Å². The summed E-state index contributed by atoms with van der Waals surface area (Å²) in [6.45, 7) is 6.55. The number of hydrogen-bond acceptors (Lipinski definition) is 2. The summed E-state index contributed by atoms with van der Waals surface area (Å²) in [7, 11) is 0. The molecule has 2 rings (SSSR count). The highest BCUT2D eigenvalue weighted by atomic mass is 16.2. The molecule has 5 nitrogen and oxygen atoms in total. The van der Waals surface area contributed by atoms with Gasteiger partial charge in [-0.3, -0.25) is 4.79 Å². The highest BCUT2D eigenvalue weighted by Gasteiger charge is 2.25. The second kappa shape index (κ2) is 5.56. The summed E-state index contributed by atoms with van der Waals surface area (Å²) in [5.74, 6) is 0.103. The van der Waals surface area contributed by atoms with Gasteiger partial charge in [-0.15, -0.1) is 6.58 Å². The number of likely N-dealkylation sites (N-methyl/N-ethyl adjacent to an activating group) is 1. The van der Waals surface area contributed by atoms with E-state index < -0.39 is 0 Å². The number of anilines is 2. The molecule has 0 aromatic heterocycles. The fourth-order valence-corrected chi connectivity index (χ4v) is 2.15. The normalized spacial score (nSPS) is 13.1. The Hall–Kier alpha value is -2.30. The van der Waals surface area contributed by atoms with E-state index in [1.54, 1.807) is 17.0 Å². The first-order valence-electron chi connectivity index (χ1n) is 6.24. The lowest BCUT2D eigenvalue weighted by Crippen LogP contribution is -2.28. The zero-order valence-electron chi connectivity index (χ0n) is 10.9. The molecule has 0 radical (unpaired) electrons. The van der Waals surface area contributed by atoms with Crippen molar-refractivity contribution in [2.45, 2.75) is 13.3 Å². The molecular weight excluding hydrogens is 242 g/mol. The Morgan fingerprint density at radius 1 is 1.53 bits per heavy atom. The minimum atomic E-state index is -0.281. The van der Waals surface area contributed by atoms with Crippen LogP contribution in [-0.4, -0.2) is 25.0 Å². The molecule has 1 aliphatic rings. The van der Waals surface area contributed by atoms with Crippen LogP contribution in [0.4, 0.5) is 16.2 Å². The van der Waals surface area contributed by atoms with Gasteiger partial charge in [-0.2, -0.15) is 0 Å². The Morgan fingerprint density at radius 3 is 3.00 bits per heavy atom. The van der Waals surface area contributed by atoms with Gasteiger partial charge in [0.15, 0.2) is 0 Å². The van der Waals surface area contributed by atoms with Crippen molar-refractivity contribution in [1.82, 2.24) is 5.32 Å². The molecule has 0 saturated carbocycles. The molecule has 3 amide bonds. The van der Waals surface area contributed by atoms with Crippen LogP contribution in [0.2, 0.25) is 0 Å². The first-order valence-corrected chi connectivity index (χ1v) is 6.24. The Morgan fingerprint density at radius 2 is 2.32 bits per heavy atom. The van der Waals surface area contributed by atoms with Crippen molar-refractivity contribution in [3.63, 3.8) is 0 Å². The number of nitrogens with one attached hydrogen (secondary N) is 2. The van der Waals surface area contributed by atoms with Crippen LogP contribution in [0.25, 0.3) is 0 Å². The Bertz CT molecular complexity index is 525. The Balaban J connectivity index is 2.10. The Labute approximate surface area is 112 Å². The smallest absolute Gasteiger partial charge is 0.319 e.